The molecule has 0 aliphatic heterocycles. The second kappa shape index (κ2) is 16.7. The Kier molecular flexibility index (Phi) is 10.7. The van der Waals surface area contributed by atoms with Gasteiger partial charge in [0.25, 0.3) is 0 Å². The van der Waals surface area contributed by atoms with Crippen LogP contribution in [-0.2, 0) is 32.5 Å². The summed E-state index contributed by atoms with van der Waals surface area (Å²) in [5.74, 6) is 0. The second-order valence-electron chi connectivity index (χ2n) is 30.5. The van der Waals surface area contributed by atoms with Gasteiger partial charge in [-0.15, -0.1) is 11.3 Å². The molecule has 0 saturated heterocycles. The molecule has 81 heavy (non-hydrogen) atoms. The normalized spacial score (nSPS) is 13.8. The predicted molar refractivity (Wildman–Crippen MR) is 357 cm³/mol. The molecule has 9 aromatic carbocycles. The van der Waals surface area contributed by atoms with E-state index in [9.17, 15) is 0 Å². The van der Waals surface area contributed by atoms with Crippen molar-refractivity contribution in [3.05, 3.63) is 179 Å². The Morgan fingerprint density at radius 3 is 1.05 bits per heavy atom. The van der Waals surface area contributed by atoms with Gasteiger partial charge in [-0.05, 0) is 160 Å². The molecule has 2 nitrogen and oxygen atoms in total. The summed E-state index contributed by atoms with van der Waals surface area (Å²) in [7, 11) is 0. The Bertz CT molecular complexity index is 4860. The maximum atomic E-state index is 2.63. The van der Waals surface area contributed by atoms with Gasteiger partial charge in [-0.1, -0.05) is 210 Å². The van der Waals surface area contributed by atoms with Crippen molar-refractivity contribution in [1.29, 1.82) is 0 Å². The quantitative estimate of drug-likeness (QED) is 0.167. The highest BCUT2D eigenvalue weighted by Gasteiger charge is 2.29. The van der Waals surface area contributed by atoms with E-state index in [1.165, 1.54) is 163 Å². The first kappa shape index (κ1) is 51.9. The van der Waals surface area contributed by atoms with Crippen LogP contribution < -0.4 is 0 Å². The van der Waals surface area contributed by atoms with E-state index in [0.717, 1.165) is 0 Å². The fourth-order valence-electron chi connectivity index (χ4n) is 13.3. The molecule has 0 spiro atoms. The van der Waals surface area contributed by atoms with Gasteiger partial charge in [-0.2, -0.15) is 0 Å². The van der Waals surface area contributed by atoms with Crippen LogP contribution in [-0.4, -0.2) is 8.80 Å². The fourth-order valence-corrected chi connectivity index (χ4v) is 14.6. The maximum absolute atomic E-state index is 2.63. The van der Waals surface area contributed by atoms with Gasteiger partial charge in [0.15, 0.2) is 0 Å². The van der Waals surface area contributed by atoms with E-state index in [1.54, 1.807) is 0 Å². The summed E-state index contributed by atoms with van der Waals surface area (Å²) in [5.41, 5.74) is 23.5. The fraction of sp³-hybridized carbons (Fsp3) is 0.308. The van der Waals surface area contributed by atoms with Gasteiger partial charge < -0.3 is 8.80 Å². The topological polar surface area (TPSA) is 8.82 Å². The van der Waals surface area contributed by atoms with Crippen LogP contribution in [0, 0.1) is 0 Å². The smallest absolute Gasteiger partial charge is 0.0635 e. The number of thiophene rings is 1. The third-order valence-corrected chi connectivity index (χ3v) is 19.6. The molecule has 0 aliphatic rings. The van der Waals surface area contributed by atoms with E-state index in [2.05, 4.69) is 279 Å². The van der Waals surface area contributed by atoms with Gasteiger partial charge in [-0.25, -0.2) is 0 Å². The highest BCUT2D eigenvalue weighted by atomic mass is 32.1. The highest BCUT2D eigenvalue weighted by molar-refractivity contribution is 7.26. The summed E-state index contributed by atoms with van der Waals surface area (Å²) in [4.78, 5) is 0. The van der Waals surface area contributed by atoms with Gasteiger partial charge in [0.2, 0.25) is 0 Å². The molecule has 14 aromatic rings. The van der Waals surface area contributed by atoms with Crippen molar-refractivity contribution in [2.24, 2.45) is 0 Å². The predicted octanol–water partition coefficient (Wildman–Crippen LogP) is 23.1. The molecular formula is C78H78N2S. The summed E-state index contributed by atoms with van der Waals surface area (Å²) in [6.07, 6.45) is 0. The molecule has 3 heteroatoms. The summed E-state index contributed by atoms with van der Waals surface area (Å²) >= 11 is 1.95. The Balaban J connectivity index is 1.10. The van der Waals surface area contributed by atoms with Crippen molar-refractivity contribution in [2.75, 3.05) is 0 Å². The van der Waals surface area contributed by atoms with E-state index in [0.29, 0.717) is 0 Å². The Labute approximate surface area is 483 Å². The molecule has 0 unspecified atom stereocenters. The minimum Gasteiger partial charge on any atom is -0.308 e. The van der Waals surface area contributed by atoms with Crippen LogP contribution in [0.25, 0.3) is 130 Å². The molecule has 0 radical (unpaired) electrons. The van der Waals surface area contributed by atoms with Crippen LogP contribution in [0.4, 0.5) is 0 Å². The second-order valence-corrected chi connectivity index (χ2v) is 31.5. The SMILES string of the molecule is CC(C)(C)c1cc(-c2ccc3c(c2)c2cc(-c4cc(C(C)(C)C)cc(C(C)(C)C)c4)cc4c5cc6c(cc5n3c24)c2cc3c4ccccc4sc3c3c4cc(-c5cc(C(C)(C)C)cc(C(C)(C)C)c5)ccc4n6c23)cc(C(C)(C)C)c1. The molecule has 0 atom stereocenters. The number of hydrogen-bond donors (Lipinski definition) is 0. The Morgan fingerprint density at radius 2 is 0.605 bits per heavy atom. The summed E-state index contributed by atoms with van der Waals surface area (Å²) in [5, 5.41) is 13.1. The summed E-state index contributed by atoms with van der Waals surface area (Å²) in [6, 6.07) is 58.5. The number of hydrogen-bond acceptors (Lipinski definition) is 1. The zero-order chi connectivity index (χ0) is 57.2. The van der Waals surface area contributed by atoms with Gasteiger partial charge >= 0.3 is 0 Å². The Hall–Kier alpha value is -7.20. The zero-order valence-corrected chi connectivity index (χ0v) is 52.0. The summed E-state index contributed by atoms with van der Waals surface area (Å²) in [6.45, 7) is 42.2. The third-order valence-electron chi connectivity index (χ3n) is 18.4. The number of benzene rings is 9. The molecule has 5 aromatic heterocycles. The van der Waals surface area contributed by atoms with Crippen LogP contribution in [0.2, 0.25) is 0 Å². The molecule has 0 fully saturated rings. The van der Waals surface area contributed by atoms with Crippen LogP contribution >= 0.6 is 11.3 Å². The van der Waals surface area contributed by atoms with Gasteiger partial charge in [-0.3, -0.25) is 0 Å². The minimum absolute atomic E-state index is 0.0100. The zero-order valence-electron chi connectivity index (χ0n) is 51.2. The van der Waals surface area contributed by atoms with Gasteiger partial charge in [0, 0.05) is 63.3 Å². The molecule has 0 bridgehead atoms. The third kappa shape index (κ3) is 7.98. The Morgan fingerprint density at radius 1 is 0.259 bits per heavy atom. The molecular weight excluding hydrogens is 997 g/mol. The lowest BCUT2D eigenvalue weighted by molar-refractivity contribution is 0.568. The molecule has 0 aliphatic carbocycles. The lowest BCUT2D eigenvalue weighted by Crippen LogP contribution is -2.16. The first-order valence-corrected chi connectivity index (χ1v) is 30.5. The monoisotopic (exact) mass is 1070 g/mol. The van der Waals surface area contributed by atoms with Crippen molar-refractivity contribution in [2.45, 2.75) is 157 Å². The lowest BCUT2D eigenvalue weighted by Gasteiger charge is -2.26. The largest absolute Gasteiger partial charge is 0.308 e. The molecule has 0 N–H and O–H groups in total. The molecule has 14 rings (SSSR count). The average Bonchev–Trinajstić information content (AvgIpc) is 3.82. The van der Waals surface area contributed by atoms with E-state index < -0.39 is 0 Å². The van der Waals surface area contributed by atoms with Crippen molar-refractivity contribution in [3.63, 3.8) is 0 Å². The van der Waals surface area contributed by atoms with E-state index in [-0.39, 0.29) is 32.5 Å². The van der Waals surface area contributed by atoms with Crippen LogP contribution in [0.3, 0.4) is 0 Å². The minimum atomic E-state index is -0.0181. The number of rotatable bonds is 3. The number of fused-ring (bicyclic) bond motifs is 16. The molecule has 5 heterocycles. The van der Waals surface area contributed by atoms with Crippen molar-refractivity contribution in [1.82, 2.24) is 8.80 Å². The van der Waals surface area contributed by atoms with Crippen molar-refractivity contribution in [3.8, 4) is 33.4 Å². The first-order chi connectivity index (χ1) is 37.9. The van der Waals surface area contributed by atoms with Crippen LogP contribution in [0.5, 0.6) is 0 Å². The molecule has 0 amide bonds. The van der Waals surface area contributed by atoms with Crippen molar-refractivity contribution < 1.29 is 0 Å². The van der Waals surface area contributed by atoms with Crippen molar-refractivity contribution >= 4 is 108 Å². The average molecular weight is 1080 g/mol. The first-order valence-electron chi connectivity index (χ1n) is 29.6. The van der Waals surface area contributed by atoms with E-state index in [4.69, 9.17) is 0 Å². The molecule has 0 saturated carbocycles. The van der Waals surface area contributed by atoms with E-state index >= 15 is 0 Å². The van der Waals surface area contributed by atoms with Crippen LogP contribution in [0.15, 0.2) is 146 Å². The summed E-state index contributed by atoms with van der Waals surface area (Å²) < 4.78 is 7.95. The van der Waals surface area contributed by atoms with E-state index in [1.807, 2.05) is 11.3 Å². The lowest BCUT2D eigenvalue weighted by atomic mass is 9.78. The maximum Gasteiger partial charge on any atom is 0.0635 e. The number of aromatic nitrogens is 2. The van der Waals surface area contributed by atoms with Gasteiger partial charge in [0.1, 0.15) is 0 Å². The molecule has 406 valence electrons. The van der Waals surface area contributed by atoms with Crippen LogP contribution in [0.1, 0.15) is 158 Å². The standard InChI is InChI=1S/C78H78N2S/c1-73(2,3)49-27-45(28-50(37-49)74(4,5)6)43-23-25-64-56(33-43)59-35-48(47-31-53(77(13,14)15)39-54(32-47)78(16,17)18)36-60-57-41-67-58(42-66(57)79(64)70(59)60)61-40-62-55-21-19-20-22-68(55)81-72(62)69-63-34-44(24-26-65(63)80(67)71(61)69)46-29-51(75(7,8)9)38-52(30-46)76(10,11)12/h19-42H,1-18H3. The van der Waals surface area contributed by atoms with Gasteiger partial charge in [0.05, 0.1) is 33.1 Å². The number of nitrogens with zero attached hydrogens (tertiary/aromatic N) is 2. The highest BCUT2D eigenvalue weighted by Crippen LogP contribution is 2.51.